The smallest absolute Gasteiger partial charge is 0.321 e. The van der Waals surface area contributed by atoms with E-state index in [4.69, 9.17) is 4.74 Å². The molecule has 0 aromatic heterocycles. The molecule has 1 saturated heterocycles. The van der Waals surface area contributed by atoms with Gasteiger partial charge in [-0.2, -0.15) is 0 Å². The summed E-state index contributed by atoms with van der Waals surface area (Å²) in [6.45, 7) is 2.37. The van der Waals surface area contributed by atoms with Crippen molar-refractivity contribution in [1.29, 1.82) is 0 Å². The van der Waals surface area contributed by atoms with Crippen molar-refractivity contribution in [2.24, 2.45) is 0 Å². The number of rotatable bonds is 7. The highest BCUT2D eigenvalue weighted by atomic mass is 16.5. The first-order valence-corrected chi connectivity index (χ1v) is 9.30. The number of amides is 3. The molecule has 27 heavy (non-hydrogen) atoms. The first-order chi connectivity index (χ1) is 13.2. The average molecular weight is 367 g/mol. The molecule has 6 nitrogen and oxygen atoms in total. The number of hydrogen-bond acceptors (Lipinski definition) is 3. The molecule has 3 amide bonds. The summed E-state index contributed by atoms with van der Waals surface area (Å²) in [5.41, 5.74) is 1.68. The van der Waals surface area contributed by atoms with E-state index >= 15 is 0 Å². The van der Waals surface area contributed by atoms with Gasteiger partial charge in [0.1, 0.15) is 5.75 Å². The van der Waals surface area contributed by atoms with E-state index < -0.39 is 0 Å². The number of urea groups is 1. The van der Waals surface area contributed by atoms with E-state index in [0.29, 0.717) is 19.6 Å². The highest BCUT2D eigenvalue weighted by Crippen LogP contribution is 2.14. The largest absolute Gasteiger partial charge is 0.493 e. The molecule has 0 saturated carbocycles. The number of benzene rings is 2. The second-order valence-electron chi connectivity index (χ2n) is 6.51. The molecule has 0 radical (unpaired) electrons. The van der Waals surface area contributed by atoms with Gasteiger partial charge in [0, 0.05) is 25.3 Å². The summed E-state index contributed by atoms with van der Waals surface area (Å²) in [6, 6.07) is 16.9. The third-order valence-corrected chi connectivity index (χ3v) is 4.40. The van der Waals surface area contributed by atoms with Gasteiger partial charge in [-0.1, -0.05) is 30.3 Å². The summed E-state index contributed by atoms with van der Waals surface area (Å²) in [5, 5.41) is 5.80. The minimum Gasteiger partial charge on any atom is -0.493 e. The lowest BCUT2D eigenvalue weighted by atomic mass is 10.2. The Labute approximate surface area is 159 Å². The Hall–Kier alpha value is -3.02. The van der Waals surface area contributed by atoms with Gasteiger partial charge in [-0.15, -0.1) is 0 Å². The van der Waals surface area contributed by atoms with Crippen LogP contribution in [0.25, 0.3) is 0 Å². The highest BCUT2D eigenvalue weighted by molar-refractivity contribution is 5.89. The standard InChI is InChI=1S/C21H25N3O3/c25-20(11-14-27-19-9-2-1-3-10-19)22-16-17-7-6-8-18(15-17)23-21(26)24-12-4-5-13-24/h1-3,6-10,15H,4-5,11-14,16H2,(H,22,25)(H,23,26). The number of anilines is 1. The maximum atomic E-state index is 12.2. The third kappa shape index (κ3) is 6.02. The highest BCUT2D eigenvalue weighted by Gasteiger charge is 2.17. The Morgan fingerprint density at radius 1 is 1.00 bits per heavy atom. The first-order valence-electron chi connectivity index (χ1n) is 9.30. The van der Waals surface area contributed by atoms with Gasteiger partial charge in [0.15, 0.2) is 0 Å². The minimum absolute atomic E-state index is 0.0632. The predicted molar refractivity (Wildman–Crippen MR) is 105 cm³/mol. The summed E-state index contributed by atoms with van der Waals surface area (Å²) >= 11 is 0. The van der Waals surface area contributed by atoms with Crippen molar-refractivity contribution >= 4 is 17.6 Å². The molecule has 2 aromatic rings. The summed E-state index contributed by atoms with van der Waals surface area (Å²) in [6.07, 6.45) is 2.42. The van der Waals surface area contributed by atoms with Crippen molar-refractivity contribution in [3.63, 3.8) is 0 Å². The number of carbonyl (C=O) groups excluding carboxylic acids is 2. The topological polar surface area (TPSA) is 70.7 Å². The van der Waals surface area contributed by atoms with Gasteiger partial charge in [0.2, 0.25) is 5.91 Å². The molecule has 142 valence electrons. The lowest BCUT2D eigenvalue weighted by Crippen LogP contribution is -2.32. The van der Waals surface area contributed by atoms with Crippen LogP contribution in [-0.4, -0.2) is 36.5 Å². The number of nitrogens with one attached hydrogen (secondary N) is 2. The third-order valence-electron chi connectivity index (χ3n) is 4.40. The Kier molecular flexibility index (Phi) is 6.68. The van der Waals surface area contributed by atoms with Gasteiger partial charge >= 0.3 is 6.03 Å². The second kappa shape index (κ2) is 9.62. The van der Waals surface area contributed by atoms with Gasteiger partial charge in [0.05, 0.1) is 13.0 Å². The van der Waals surface area contributed by atoms with Crippen molar-refractivity contribution in [2.45, 2.75) is 25.8 Å². The summed E-state index contributed by atoms with van der Waals surface area (Å²) < 4.78 is 5.53. The summed E-state index contributed by atoms with van der Waals surface area (Å²) in [5.74, 6) is 0.684. The van der Waals surface area contributed by atoms with Crippen LogP contribution in [-0.2, 0) is 11.3 Å². The average Bonchev–Trinajstić information content (AvgIpc) is 3.23. The molecule has 0 spiro atoms. The molecule has 3 rings (SSSR count). The van der Waals surface area contributed by atoms with Gasteiger partial charge in [-0.05, 0) is 42.7 Å². The molecule has 2 N–H and O–H groups in total. The van der Waals surface area contributed by atoms with Crippen molar-refractivity contribution < 1.29 is 14.3 Å². The monoisotopic (exact) mass is 367 g/mol. The molecular formula is C21H25N3O3. The van der Waals surface area contributed by atoms with Crippen LogP contribution < -0.4 is 15.4 Å². The van der Waals surface area contributed by atoms with Crippen LogP contribution in [0.1, 0.15) is 24.8 Å². The van der Waals surface area contributed by atoms with Crippen LogP contribution in [0.15, 0.2) is 54.6 Å². The van der Waals surface area contributed by atoms with Gasteiger partial charge < -0.3 is 20.3 Å². The predicted octanol–water partition coefficient (Wildman–Crippen LogP) is 3.40. The Balaban J connectivity index is 1.41. The number of likely N-dealkylation sites (tertiary alicyclic amines) is 1. The minimum atomic E-state index is -0.0718. The Bertz CT molecular complexity index is 758. The van der Waals surface area contributed by atoms with E-state index in [1.54, 1.807) is 0 Å². The zero-order valence-electron chi connectivity index (χ0n) is 15.3. The fourth-order valence-corrected chi connectivity index (χ4v) is 2.95. The van der Waals surface area contributed by atoms with Gasteiger partial charge in [0.25, 0.3) is 0 Å². The molecule has 6 heteroatoms. The van der Waals surface area contributed by atoms with Crippen LogP contribution in [0.4, 0.5) is 10.5 Å². The lowest BCUT2D eigenvalue weighted by Gasteiger charge is -2.16. The van der Waals surface area contributed by atoms with Gasteiger partial charge in [-0.25, -0.2) is 4.79 Å². The van der Waals surface area contributed by atoms with Crippen LogP contribution in [0.2, 0.25) is 0 Å². The van der Waals surface area contributed by atoms with Crippen molar-refractivity contribution in [1.82, 2.24) is 10.2 Å². The Morgan fingerprint density at radius 2 is 1.78 bits per heavy atom. The number of para-hydroxylation sites is 1. The molecule has 0 bridgehead atoms. The Morgan fingerprint density at radius 3 is 2.56 bits per heavy atom. The normalized spacial score (nSPS) is 13.3. The van der Waals surface area contributed by atoms with E-state index in [9.17, 15) is 9.59 Å². The van der Waals surface area contributed by atoms with E-state index in [1.165, 1.54) is 0 Å². The van der Waals surface area contributed by atoms with Crippen molar-refractivity contribution in [3.05, 3.63) is 60.2 Å². The molecule has 2 aromatic carbocycles. The van der Waals surface area contributed by atoms with Gasteiger partial charge in [-0.3, -0.25) is 4.79 Å². The quantitative estimate of drug-likeness (QED) is 0.788. The van der Waals surface area contributed by atoms with E-state index in [-0.39, 0.29) is 11.9 Å². The van der Waals surface area contributed by atoms with Crippen molar-refractivity contribution in [2.75, 3.05) is 25.0 Å². The fraction of sp³-hybridized carbons (Fsp3) is 0.333. The zero-order valence-corrected chi connectivity index (χ0v) is 15.3. The van der Waals surface area contributed by atoms with Crippen LogP contribution >= 0.6 is 0 Å². The zero-order chi connectivity index (χ0) is 18.9. The SMILES string of the molecule is O=C(CCOc1ccccc1)NCc1cccc(NC(=O)N2CCCC2)c1. The van der Waals surface area contributed by atoms with Crippen LogP contribution in [0.3, 0.4) is 0 Å². The van der Waals surface area contributed by atoms with E-state index in [1.807, 2.05) is 59.5 Å². The number of carbonyl (C=O) groups is 2. The molecule has 1 aliphatic rings. The molecule has 0 unspecified atom stereocenters. The number of nitrogens with zero attached hydrogens (tertiary/aromatic N) is 1. The molecule has 1 heterocycles. The van der Waals surface area contributed by atoms with E-state index in [0.717, 1.165) is 42.9 Å². The maximum Gasteiger partial charge on any atom is 0.321 e. The van der Waals surface area contributed by atoms with E-state index in [2.05, 4.69) is 10.6 Å². The molecule has 0 atom stereocenters. The second-order valence-corrected chi connectivity index (χ2v) is 6.51. The summed E-state index contributed by atoms with van der Waals surface area (Å²) in [4.78, 5) is 26.0. The molecule has 0 aliphatic carbocycles. The first kappa shape index (κ1) is 18.8. The number of ether oxygens (including phenoxy) is 1. The fourth-order valence-electron chi connectivity index (χ4n) is 2.95. The molecule has 1 fully saturated rings. The molecular weight excluding hydrogens is 342 g/mol. The van der Waals surface area contributed by atoms with Crippen LogP contribution in [0, 0.1) is 0 Å². The number of hydrogen-bond donors (Lipinski definition) is 2. The lowest BCUT2D eigenvalue weighted by molar-refractivity contribution is -0.121. The molecule has 1 aliphatic heterocycles. The van der Waals surface area contributed by atoms with Crippen molar-refractivity contribution in [3.8, 4) is 5.75 Å². The maximum absolute atomic E-state index is 12.2. The van der Waals surface area contributed by atoms with Crippen LogP contribution in [0.5, 0.6) is 5.75 Å². The summed E-state index contributed by atoms with van der Waals surface area (Å²) in [7, 11) is 0.